The molecule has 1 atom stereocenters. The predicted molar refractivity (Wildman–Crippen MR) is 70.1 cm³/mol. The molecule has 4 nitrogen and oxygen atoms in total. The number of rotatable bonds is 1. The fourth-order valence-corrected chi connectivity index (χ4v) is 2.45. The summed E-state index contributed by atoms with van der Waals surface area (Å²) in [5.74, 6) is 1.62. The van der Waals surface area contributed by atoms with Crippen LogP contribution in [0.15, 0.2) is 18.3 Å². The van der Waals surface area contributed by atoms with Crippen LogP contribution in [0.3, 0.4) is 0 Å². The van der Waals surface area contributed by atoms with Crippen LogP contribution in [0.2, 0.25) is 0 Å². The van der Waals surface area contributed by atoms with Crippen molar-refractivity contribution in [2.24, 2.45) is 0 Å². The van der Waals surface area contributed by atoms with Gasteiger partial charge in [0.2, 0.25) is 0 Å². The molecule has 0 amide bonds. The predicted octanol–water partition coefficient (Wildman–Crippen LogP) is 2.12. The number of nitrogens with two attached hydrogens (primary N) is 1. The molecule has 2 aromatic heterocycles. The average molecular weight is 228 g/mol. The van der Waals surface area contributed by atoms with Gasteiger partial charge in [0, 0.05) is 24.2 Å². The van der Waals surface area contributed by atoms with Crippen LogP contribution in [0, 0.1) is 6.92 Å². The molecule has 1 aliphatic heterocycles. The largest absolute Gasteiger partial charge is 0.384 e. The molecule has 3 heterocycles. The van der Waals surface area contributed by atoms with Crippen LogP contribution in [0.5, 0.6) is 0 Å². The van der Waals surface area contributed by atoms with Gasteiger partial charge in [0.1, 0.15) is 11.6 Å². The van der Waals surface area contributed by atoms with E-state index in [9.17, 15) is 0 Å². The number of aryl methyl sites for hydroxylation is 1. The van der Waals surface area contributed by atoms with Crippen molar-refractivity contribution in [3.63, 3.8) is 0 Å². The number of anilines is 2. The second-order valence-electron chi connectivity index (χ2n) is 4.70. The fourth-order valence-electron chi connectivity index (χ4n) is 2.45. The van der Waals surface area contributed by atoms with Crippen LogP contribution in [0.4, 0.5) is 11.6 Å². The Morgan fingerprint density at radius 3 is 2.94 bits per heavy atom. The second kappa shape index (κ2) is 3.58. The third-order valence-electron chi connectivity index (χ3n) is 3.52. The molecule has 0 aromatic carbocycles. The first-order chi connectivity index (χ1) is 8.16. The zero-order valence-corrected chi connectivity index (χ0v) is 10.1. The van der Waals surface area contributed by atoms with Crippen molar-refractivity contribution >= 4 is 22.4 Å². The van der Waals surface area contributed by atoms with Crippen molar-refractivity contribution in [2.45, 2.75) is 26.3 Å². The molecule has 88 valence electrons. The Hall–Kier alpha value is -1.84. The van der Waals surface area contributed by atoms with Gasteiger partial charge in [-0.05, 0) is 37.8 Å². The van der Waals surface area contributed by atoms with Crippen molar-refractivity contribution in [1.82, 2.24) is 9.97 Å². The van der Waals surface area contributed by atoms with Crippen LogP contribution in [-0.4, -0.2) is 22.6 Å². The standard InChI is InChI=1S/C13H16N4/c1-8-4-6-17(8)13-12-9(2)16-11(14)7-10(12)3-5-15-13/h3,5,7-8H,4,6H2,1-2H3,(H2,14,16). The first kappa shape index (κ1) is 10.3. The van der Waals surface area contributed by atoms with E-state index in [0.717, 1.165) is 28.8 Å². The highest BCUT2D eigenvalue weighted by Crippen LogP contribution is 2.32. The topological polar surface area (TPSA) is 55.0 Å². The van der Waals surface area contributed by atoms with E-state index in [4.69, 9.17) is 5.73 Å². The lowest BCUT2D eigenvalue weighted by Crippen LogP contribution is -2.46. The molecule has 2 aromatic rings. The maximum Gasteiger partial charge on any atom is 0.138 e. The van der Waals surface area contributed by atoms with E-state index in [0.29, 0.717) is 11.9 Å². The molecule has 17 heavy (non-hydrogen) atoms. The smallest absolute Gasteiger partial charge is 0.138 e. The van der Waals surface area contributed by atoms with Gasteiger partial charge < -0.3 is 10.6 Å². The van der Waals surface area contributed by atoms with Gasteiger partial charge >= 0.3 is 0 Å². The number of aromatic nitrogens is 2. The van der Waals surface area contributed by atoms with Crippen LogP contribution in [0.25, 0.3) is 10.8 Å². The number of fused-ring (bicyclic) bond motifs is 1. The minimum Gasteiger partial charge on any atom is -0.384 e. The Balaban J connectivity index is 2.25. The lowest BCUT2D eigenvalue weighted by Gasteiger charge is -2.40. The highest BCUT2D eigenvalue weighted by molar-refractivity contribution is 5.95. The Morgan fingerprint density at radius 1 is 1.47 bits per heavy atom. The van der Waals surface area contributed by atoms with Crippen molar-refractivity contribution in [2.75, 3.05) is 17.2 Å². The number of hydrogen-bond donors (Lipinski definition) is 1. The molecular formula is C13H16N4. The molecule has 0 bridgehead atoms. The highest BCUT2D eigenvalue weighted by Gasteiger charge is 2.26. The summed E-state index contributed by atoms with van der Waals surface area (Å²) in [6.07, 6.45) is 3.08. The number of pyridine rings is 2. The summed E-state index contributed by atoms with van der Waals surface area (Å²) in [6.45, 7) is 5.30. The molecule has 0 saturated carbocycles. The first-order valence-electron chi connectivity index (χ1n) is 5.95. The Kier molecular flexibility index (Phi) is 2.18. The van der Waals surface area contributed by atoms with E-state index in [2.05, 4.69) is 21.8 Å². The van der Waals surface area contributed by atoms with Gasteiger partial charge in [0.15, 0.2) is 0 Å². The summed E-state index contributed by atoms with van der Waals surface area (Å²) in [7, 11) is 0. The Labute approximate surface area is 100 Å². The summed E-state index contributed by atoms with van der Waals surface area (Å²) in [4.78, 5) is 11.2. The summed E-state index contributed by atoms with van der Waals surface area (Å²) in [5.41, 5.74) is 6.74. The minimum absolute atomic E-state index is 0.573. The highest BCUT2D eigenvalue weighted by atomic mass is 15.3. The summed E-state index contributed by atoms with van der Waals surface area (Å²) in [6, 6.07) is 4.48. The fraction of sp³-hybridized carbons (Fsp3) is 0.385. The number of hydrogen-bond acceptors (Lipinski definition) is 4. The van der Waals surface area contributed by atoms with E-state index in [1.807, 2.05) is 25.3 Å². The molecule has 2 N–H and O–H groups in total. The normalized spacial score (nSPS) is 19.4. The average Bonchev–Trinajstić information content (AvgIpc) is 2.26. The van der Waals surface area contributed by atoms with Gasteiger partial charge in [0.25, 0.3) is 0 Å². The molecular weight excluding hydrogens is 212 g/mol. The molecule has 1 fully saturated rings. The maximum absolute atomic E-state index is 5.78. The number of nitrogens with zero attached hydrogens (tertiary/aromatic N) is 3. The zero-order valence-electron chi connectivity index (χ0n) is 10.1. The van der Waals surface area contributed by atoms with E-state index in [1.54, 1.807) is 0 Å². The van der Waals surface area contributed by atoms with Gasteiger partial charge in [-0.1, -0.05) is 0 Å². The molecule has 0 spiro atoms. The molecule has 1 aliphatic rings. The van der Waals surface area contributed by atoms with Crippen molar-refractivity contribution in [3.05, 3.63) is 24.0 Å². The lowest BCUT2D eigenvalue weighted by molar-refractivity contribution is 0.478. The van der Waals surface area contributed by atoms with Crippen LogP contribution >= 0.6 is 0 Å². The van der Waals surface area contributed by atoms with Crippen LogP contribution in [-0.2, 0) is 0 Å². The molecule has 1 saturated heterocycles. The van der Waals surface area contributed by atoms with Gasteiger partial charge in [-0.3, -0.25) is 0 Å². The second-order valence-corrected chi connectivity index (χ2v) is 4.70. The van der Waals surface area contributed by atoms with Crippen molar-refractivity contribution < 1.29 is 0 Å². The first-order valence-corrected chi connectivity index (χ1v) is 5.95. The number of nitrogen functional groups attached to an aromatic ring is 1. The van der Waals surface area contributed by atoms with Gasteiger partial charge in [-0.2, -0.15) is 0 Å². The lowest BCUT2D eigenvalue weighted by atomic mass is 10.0. The van der Waals surface area contributed by atoms with Gasteiger partial charge in [-0.15, -0.1) is 0 Å². The van der Waals surface area contributed by atoms with Crippen LogP contribution < -0.4 is 10.6 Å². The molecule has 3 rings (SSSR count). The maximum atomic E-state index is 5.78. The minimum atomic E-state index is 0.573. The van der Waals surface area contributed by atoms with E-state index in [-0.39, 0.29) is 0 Å². The molecule has 1 unspecified atom stereocenters. The summed E-state index contributed by atoms with van der Waals surface area (Å²) >= 11 is 0. The SMILES string of the molecule is Cc1nc(N)cc2ccnc(N3CCC3C)c12. The Morgan fingerprint density at radius 2 is 2.29 bits per heavy atom. The van der Waals surface area contributed by atoms with E-state index in [1.165, 1.54) is 6.42 Å². The van der Waals surface area contributed by atoms with Crippen molar-refractivity contribution in [1.29, 1.82) is 0 Å². The monoisotopic (exact) mass is 228 g/mol. The van der Waals surface area contributed by atoms with Gasteiger partial charge in [0.05, 0.1) is 5.69 Å². The quantitative estimate of drug-likeness (QED) is 0.812. The van der Waals surface area contributed by atoms with E-state index >= 15 is 0 Å². The third kappa shape index (κ3) is 1.52. The molecule has 4 heteroatoms. The Bertz CT molecular complexity index is 579. The van der Waals surface area contributed by atoms with E-state index < -0.39 is 0 Å². The summed E-state index contributed by atoms with van der Waals surface area (Å²) in [5, 5.41) is 2.26. The molecule has 0 radical (unpaired) electrons. The summed E-state index contributed by atoms with van der Waals surface area (Å²) < 4.78 is 0. The van der Waals surface area contributed by atoms with Crippen molar-refractivity contribution in [3.8, 4) is 0 Å². The molecule has 0 aliphatic carbocycles. The zero-order chi connectivity index (χ0) is 12.0. The third-order valence-corrected chi connectivity index (χ3v) is 3.52. The van der Waals surface area contributed by atoms with Gasteiger partial charge in [-0.25, -0.2) is 9.97 Å². The van der Waals surface area contributed by atoms with Crippen LogP contribution in [0.1, 0.15) is 19.0 Å².